The lowest BCUT2D eigenvalue weighted by atomic mass is 9.72. The summed E-state index contributed by atoms with van der Waals surface area (Å²) in [5, 5.41) is 4.75. The number of nitrogens with zero attached hydrogens (tertiary/aromatic N) is 3. The second-order valence-corrected chi connectivity index (χ2v) is 7.24. The van der Waals surface area contributed by atoms with Crippen LogP contribution in [0.15, 0.2) is 6.20 Å². The Morgan fingerprint density at radius 2 is 2.19 bits per heavy atom. The maximum Gasteiger partial charge on any atom is 0.202 e. The van der Waals surface area contributed by atoms with Gasteiger partial charge in [-0.05, 0) is 46.7 Å². The fourth-order valence-electron chi connectivity index (χ4n) is 3.50. The van der Waals surface area contributed by atoms with Crippen LogP contribution in [0, 0.1) is 5.92 Å². The van der Waals surface area contributed by atoms with Crippen LogP contribution in [0.25, 0.3) is 0 Å². The Labute approximate surface area is 132 Å². The number of carbonyl (C=O) groups excluding carboxylic acids is 1. The van der Waals surface area contributed by atoms with Crippen LogP contribution < -0.4 is 0 Å². The van der Waals surface area contributed by atoms with E-state index in [1.54, 1.807) is 10.9 Å². The molecule has 1 heterocycles. The van der Waals surface area contributed by atoms with Crippen LogP contribution in [-0.2, 0) is 0 Å². The predicted octanol–water partition coefficient (Wildman–Crippen LogP) is 3.81. The molecule has 4 nitrogen and oxygen atoms in total. The molecule has 1 saturated carbocycles. The molecule has 0 amide bonds. The molecule has 0 radical (unpaired) electrons. The van der Waals surface area contributed by atoms with E-state index in [0.29, 0.717) is 16.6 Å². The van der Waals surface area contributed by atoms with E-state index >= 15 is 0 Å². The molecule has 2 rings (SSSR count). The first kappa shape index (κ1) is 16.5. The third kappa shape index (κ3) is 2.88. The van der Waals surface area contributed by atoms with Gasteiger partial charge in [-0.15, -0.1) is 0 Å². The molecule has 0 saturated heterocycles. The summed E-state index contributed by atoms with van der Waals surface area (Å²) in [7, 11) is 4.00. The zero-order valence-corrected chi connectivity index (χ0v) is 14.4. The predicted molar refractivity (Wildman–Crippen MR) is 86.0 cm³/mol. The zero-order chi connectivity index (χ0) is 15.8. The van der Waals surface area contributed by atoms with Gasteiger partial charge in [-0.2, -0.15) is 5.10 Å². The minimum absolute atomic E-state index is 0.121. The number of ketones is 1. The summed E-state index contributed by atoms with van der Waals surface area (Å²) in [6, 6.07) is 0.122. The molecular formula is C16H26ClN3O. The molecule has 118 valence electrons. The molecule has 1 aliphatic rings. The molecule has 0 aromatic carbocycles. The molecule has 0 bridgehead atoms. The number of hydrogen-bond acceptors (Lipinski definition) is 3. The van der Waals surface area contributed by atoms with Crippen LogP contribution >= 0.6 is 11.6 Å². The minimum atomic E-state index is -0.450. The van der Waals surface area contributed by atoms with Crippen molar-refractivity contribution in [3.05, 3.63) is 16.9 Å². The Balaban J connectivity index is 2.47. The van der Waals surface area contributed by atoms with Crippen LogP contribution in [0.5, 0.6) is 0 Å². The van der Waals surface area contributed by atoms with Gasteiger partial charge in [0.1, 0.15) is 5.69 Å². The molecule has 0 spiro atoms. The number of hydrogen-bond donors (Lipinski definition) is 0. The fraction of sp³-hybridized carbons (Fsp3) is 0.750. The summed E-state index contributed by atoms with van der Waals surface area (Å²) < 4.78 is 1.76. The number of rotatable bonds is 4. The molecule has 1 aromatic heterocycles. The average molecular weight is 312 g/mol. The summed E-state index contributed by atoms with van der Waals surface area (Å²) >= 11 is 6.28. The van der Waals surface area contributed by atoms with Crippen molar-refractivity contribution in [3.8, 4) is 0 Å². The van der Waals surface area contributed by atoms with Crippen molar-refractivity contribution in [2.75, 3.05) is 14.1 Å². The van der Waals surface area contributed by atoms with E-state index in [1.165, 1.54) is 6.42 Å². The Morgan fingerprint density at radius 1 is 1.52 bits per heavy atom. The van der Waals surface area contributed by atoms with Crippen LogP contribution in [0.3, 0.4) is 0 Å². The normalized spacial score (nSPS) is 26.6. The Kier molecular flexibility index (Phi) is 4.79. The highest BCUT2D eigenvalue weighted by molar-refractivity contribution is 6.34. The summed E-state index contributed by atoms with van der Waals surface area (Å²) in [5.41, 5.74) is 0.114. The number of halogens is 1. The van der Waals surface area contributed by atoms with Crippen molar-refractivity contribution >= 4 is 17.4 Å². The van der Waals surface area contributed by atoms with E-state index in [-0.39, 0.29) is 11.8 Å². The van der Waals surface area contributed by atoms with Gasteiger partial charge in [-0.3, -0.25) is 14.4 Å². The number of aromatic nitrogens is 2. The summed E-state index contributed by atoms with van der Waals surface area (Å²) in [6.45, 7) is 6.27. The van der Waals surface area contributed by atoms with E-state index in [2.05, 4.69) is 16.9 Å². The smallest absolute Gasteiger partial charge is 0.202 e. The standard InChI is InChI=1S/C16H26ClN3O/c1-11(2)20-14(13(17)10-18-20)15(21)16(19(4)5)8-6-7-12(3)9-16/h10-12H,6-9H2,1-5H3. The number of carbonyl (C=O) groups is 1. The minimum Gasteiger partial charge on any atom is -0.297 e. The van der Waals surface area contributed by atoms with Gasteiger partial charge in [0, 0.05) is 6.04 Å². The van der Waals surface area contributed by atoms with Gasteiger partial charge in [0.2, 0.25) is 5.78 Å². The van der Waals surface area contributed by atoms with Crippen LogP contribution in [0.1, 0.15) is 63.0 Å². The average Bonchev–Trinajstić information content (AvgIpc) is 2.79. The summed E-state index contributed by atoms with van der Waals surface area (Å²) in [6.07, 6.45) is 5.64. The molecule has 21 heavy (non-hydrogen) atoms. The van der Waals surface area contributed by atoms with E-state index in [4.69, 9.17) is 11.6 Å². The van der Waals surface area contributed by atoms with Gasteiger partial charge in [0.05, 0.1) is 16.8 Å². The van der Waals surface area contributed by atoms with Crippen molar-refractivity contribution in [1.82, 2.24) is 14.7 Å². The maximum absolute atomic E-state index is 13.3. The van der Waals surface area contributed by atoms with Gasteiger partial charge in [0.25, 0.3) is 0 Å². The highest BCUT2D eigenvalue weighted by Crippen LogP contribution is 2.39. The monoisotopic (exact) mass is 311 g/mol. The summed E-state index contributed by atoms with van der Waals surface area (Å²) in [4.78, 5) is 15.4. The van der Waals surface area contributed by atoms with Crippen LogP contribution in [0.2, 0.25) is 5.02 Å². The van der Waals surface area contributed by atoms with E-state index in [1.807, 2.05) is 27.9 Å². The highest BCUT2D eigenvalue weighted by atomic mass is 35.5. The van der Waals surface area contributed by atoms with Crippen molar-refractivity contribution in [3.63, 3.8) is 0 Å². The second-order valence-electron chi connectivity index (χ2n) is 6.84. The van der Waals surface area contributed by atoms with Crippen molar-refractivity contribution in [2.24, 2.45) is 5.92 Å². The molecule has 1 fully saturated rings. The third-order valence-electron chi connectivity index (χ3n) is 4.71. The van der Waals surface area contributed by atoms with Gasteiger partial charge >= 0.3 is 0 Å². The Morgan fingerprint density at radius 3 is 2.71 bits per heavy atom. The SMILES string of the molecule is CC1CCCC(C(=O)c2c(Cl)cnn2C(C)C)(N(C)C)C1. The van der Waals surface area contributed by atoms with Crippen LogP contribution in [-0.4, -0.2) is 40.1 Å². The van der Waals surface area contributed by atoms with E-state index < -0.39 is 5.54 Å². The zero-order valence-electron chi connectivity index (χ0n) is 13.7. The molecule has 1 aliphatic carbocycles. The van der Waals surface area contributed by atoms with Gasteiger partial charge in [0.15, 0.2) is 0 Å². The lowest BCUT2D eigenvalue weighted by Gasteiger charge is -2.43. The van der Waals surface area contributed by atoms with Crippen molar-refractivity contribution in [1.29, 1.82) is 0 Å². The van der Waals surface area contributed by atoms with Crippen molar-refractivity contribution in [2.45, 2.75) is 58.0 Å². The Hall–Kier alpha value is -0.870. The van der Waals surface area contributed by atoms with Gasteiger partial charge < -0.3 is 0 Å². The molecular weight excluding hydrogens is 286 g/mol. The molecule has 2 unspecified atom stereocenters. The third-order valence-corrected chi connectivity index (χ3v) is 4.98. The largest absolute Gasteiger partial charge is 0.297 e. The lowest BCUT2D eigenvalue weighted by Crippen LogP contribution is -2.54. The highest BCUT2D eigenvalue weighted by Gasteiger charge is 2.45. The first-order valence-corrected chi connectivity index (χ1v) is 8.12. The summed E-state index contributed by atoms with van der Waals surface area (Å²) in [5.74, 6) is 0.676. The van der Waals surface area contributed by atoms with Gasteiger partial charge in [-0.25, -0.2) is 0 Å². The number of likely N-dealkylation sites (N-methyl/N-ethyl adjacent to an activating group) is 1. The molecule has 1 aromatic rings. The maximum atomic E-state index is 13.3. The molecule has 2 atom stereocenters. The topological polar surface area (TPSA) is 38.1 Å². The first-order chi connectivity index (χ1) is 9.79. The first-order valence-electron chi connectivity index (χ1n) is 7.75. The molecule has 0 aliphatic heterocycles. The molecule has 5 heteroatoms. The van der Waals surface area contributed by atoms with Crippen LogP contribution in [0.4, 0.5) is 0 Å². The van der Waals surface area contributed by atoms with E-state index in [9.17, 15) is 4.79 Å². The second kappa shape index (κ2) is 6.09. The molecule has 0 N–H and O–H groups in total. The Bertz CT molecular complexity index is 524. The van der Waals surface area contributed by atoms with Gasteiger partial charge in [-0.1, -0.05) is 31.4 Å². The van der Waals surface area contributed by atoms with E-state index in [0.717, 1.165) is 19.3 Å². The lowest BCUT2D eigenvalue weighted by molar-refractivity contribution is 0.0473. The van der Waals surface area contributed by atoms with Crippen molar-refractivity contribution < 1.29 is 4.79 Å². The number of Topliss-reactive ketones (excluding diaryl/α,β-unsaturated/α-hetero) is 1. The quantitative estimate of drug-likeness (QED) is 0.794. The fourth-order valence-corrected chi connectivity index (χ4v) is 3.72.